The standard InChI is InChI=1S/C23H22Cl2N2O4S/c1-15(2)16-3-7-18(8-4-16)26-23(28)14-31-22-12-11-20(13-21(22)25)32(29,30)27-19-9-5-17(24)6-10-19/h3-13,15,27H,14H2,1-2H3,(H,26,28). The Balaban J connectivity index is 1.61. The van der Waals surface area contributed by atoms with Gasteiger partial charge in [-0.3, -0.25) is 9.52 Å². The maximum Gasteiger partial charge on any atom is 0.262 e. The Morgan fingerprint density at radius 2 is 1.56 bits per heavy atom. The lowest BCUT2D eigenvalue weighted by molar-refractivity contribution is -0.118. The van der Waals surface area contributed by atoms with Crippen LogP contribution in [0.2, 0.25) is 10.0 Å². The van der Waals surface area contributed by atoms with Crippen molar-refractivity contribution in [2.75, 3.05) is 16.6 Å². The van der Waals surface area contributed by atoms with Crippen LogP contribution in [0.25, 0.3) is 0 Å². The van der Waals surface area contributed by atoms with Crippen LogP contribution >= 0.6 is 23.2 Å². The first-order valence-corrected chi connectivity index (χ1v) is 12.0. The molecule has 0 atom stereocenters. The van der Waals surface area contributed by atoms with Crippen LogP contribution in [-0.4, -0.2) is 20.9 Å². The third-order valence-corrected chi connectivity index (χ3v) is 6.46. The molecule has 9 heteroatoms. The predicted octanol–water partition coefficient (Wildman–Crippen LogP) is 5.94. The Bertz CT molecular complexity index is 1200. The highest BCUT2D eigenvalue weighted by molar-refractivity contribution is 7.92. The van der Waals surface area contributed by atoms with Crippen molar-refractivity contribution in [3.05, 3.63) is 82.3 Å². The molecule has 168 valence electrons. The van der Waals surface area contributed by atoms with Crippen LogP contribution in [0, 0.1) is 0 Å². The Labute approximate surface area is 197 Å². The molecule has 2 N–H and O–H groups in total. The number of ether oxygens (including phenoxy) is 1. The van der Waals surface area contributed by atoms with Crippen LogP contribution < -0.4 is 14.8 Å². The molecule has 3 rings (SSSR count). The lowest BCUT2D eigenvalue weighted by Crippen LogP contribution is -2.20. The highest BCUT2D eigenvalue weighted by Gasteiger charge is 2.17. The molecule has 0 aliphatic carbocycles. The summed E-state index contributed by atoms with van der Waals surface area (Å²) in [5, 5.41) is 3.30. The van der Waals surface area contributed by atoms with Crippen molar-refractivity contribution in [3.63, 3.8) is 0 Å². The summed E-state index contributed by atoms with van der Waals surface area (Å²) < 4.78 is 33.1. The molecule has 0 aromatic heterocycles. The van der Waals surface area contributed by atoms with Crippen LogP contribution in [0.1, 0.15) is 25.3 Å². The fourth-order valence-corrected chi connectivity index (χ4v) is 4.30. The van der Waals surface area contributed by atoms with Gasteiger partial charge in [-0.15, -0.1) is 0 Å². The predicted molar refractivity (Wildman–Crippen MR) is 128 cm³/mol. The lowest BCUT2D eigenvalue weighted by atomic mass is 10.0. The minimum absolute atomic E-state index is 0.0421. The number of benzene rings is 3. The number of carbonyl (C=O) groups excluding carboxylic acids is 1. The highest BCUT2D eigenvalue weighted by atomic mass is 35.5. The largest absolute Gasteiger partial charge is 0.482 e. The Morgan fingerprint density at radius 1 is 0.938 bits per heavy atom. The zero-order valence-electron chi connectivity index (χ0n) is 17.4. The van der Waals surface area contributed by atoms with Crippen molar-refractivity contribution >= 4 is 50.5 Å². The molecule has 0 saturated heterocycles. The van der Waals surface area contributed by atoms with Crippen molar-refractivity contribution < 1.29 is 17.9 Å². The zero-order chi connectivity index (χ0) is 23.3. The monoisotopic (exact) mass is 492 g/mol. The van der Waals surface area contributed by atoms with Gasteiger partial charge in [-0.2, -0.15) is 0 Å². The molecule has 0 spiro atoms. The minimum Gasteiger partial charge on any atom is -0.482 e. The molecule has 3 aromatic carbocycles. The topological polar surface area (TPSA) is 84.5 Å². The van der Waals surface area contributed by atoms with E-state index in [1.165, 1.54) is 23.8 Å². The van der Waals surface area contributed by atoms with Gasteiger partial charge in [0, 0.05) is 16.4 Å². The summed E-state index contributed by atoms with van der Waals surface area (Å²) in [5.74, 6) is 0.236. The maximum atomic E-state index is 12.6. The van der Waals surface area contributed by atoms with Gasteiger partial charge in [0.1, 0.15) is 5.75 Å². The number of carbonyl (C=O) groups is 1. The first-order chi connectivity index (χ1) is 15.1. The molecular formula is C23H22Cl2N2O4S. The number of halogens is 2. The summed E-state index contributed by atoms with van der Waals surface area (Å²) >= 11 is 12.0. The van der Waals surface area contributed by atoms with E-state index in [2.05, 4.69) is 23.9 Å². The summed E-state index contributed by atoms with van der Waals surface area (Å²) in [5.41, 5.74) is 2.19. The minimum atomic E-state index is -3.86. The van der Waals surface area contributed by atoms with Gasteiger partial charge in [-0.05, 0) is 66.1 Å². The fourth-order valence-electron chi connectivity index (χ4n) is 2.79. The van der Waals surface area contributed by atoms with Gasteiger partial charge in [0.2, 0.25) is 0 Å². The number of hydrogen-bond donors (Lipinski definition) is 2. The average Bonchev–Trinajstić information content (AvgIpc) is 2.74. The first-order valence-electron chi connectivity index (χ1n) is 9.74. The van der Waals surface area contributed by atoms with E-state index in [1.54, 1.807) is 24.3 Å². The first kappa shape index (κ1) is 23.9. The molecule has 0 saturated carbocycles. The molecule has 3 aromatic rings. The molecule has 0 bridgehead atoms. The molecule has 0 aliphatic heterocycles. The molecule has 1 amide bonds. The second-order valence-electron chi connectivity index (χ2n) is 7.32. The number of hydrogen-bond acceptors (Lipinski definition) is 4. The third kappa shape index (κ3) is 6.38. The Hall–Kier alpha value is -2.74. The smallest absolute Gasteiger partial charge is 0.262 e. The van der Waals surface area contributed by atoms with Crippen molar-refractivity contribution in [2.45, 2.75) is 24.7 Å². The number of anilines is 2. The summed E-state index contributed by atoms with van der Waals surface area (Å²) in [4.78, 5) is 12.1. The number of rotatable bonds is 8. The van der Waals surface area contributed by atoms with Gasteiger partial charge in [0.25, 0.3) is 15.9 Å². The second-order valence-corrected chi connectivity index (χ2v) is 9.84. The number of amides is 1. The molecule has 32 heavy (non-hydrogen) atoms. The average molecular weight is 493 g/mol. The second kappa shape index (κ2) is 10.3. The van der Waals surface area contributed by atoms with Crippen molar-refractivity contribution in [1.29, 1.82) is 0 Å². The Kier molecular flexibility index (Phi) is 7.66. The van der Waals surface area contributed by atoms with E-state index in [0.29, 0.717) is 22.3 Å². The molecule has 0 aliphatic rings. The molecule has 0 unspecified atom stereocenters. The van der Waals surface area contributed by atoms with E-state index in [0.717, 1.165) is 0 Å². The Morgan fingerprint density at radius 3 is 2.16 bits per heavy atom. The molecule has 6 nitrogen and oxygen atoms in total. The summed E-state index contributed by atoms with van der Waals surface area (Å²) in [6.07, 6.45) is 0. The van der Waals surface area contributed by atoms with Gasteiger partial charge in [0.15, 0.2) is 6.61 Å². The quantitative estimate of drug-likeness (QED) is 0.407. The lowest BCUT2D eigenvalue weighted by Gasteiger charge is -2.12. The molecular weight excluding hydrogens is 471 g/mol. The van der Waals surface area contributed by atoms with Crippen molar-refractivity contribution in [3.8, 4) is 5.75 Å². The summed E-state index contributed by atoms with van der Waals surface area (Å²) in [6, 6.07) is 17.8. The van der Waals surface area contributed by atoms with Crippen LogP contribution in [0.5, 0.6) is 5.75 Å². The van der Waals surface area contributed by atoms with Gasteiger partial charge >= 0.3 is 0 Å². The summed E-state index contributed by atoms with van der Waals surface area (Å²) in [7, 11) is -3.86. The third-order valence-electron chi connectivity index (χ3n) is 4.53. The van der Waals surface area contributed by atoms with E-state index in [1.807, 2.05) is 24.3 Å². The maximum absolute atomic E-state index is 12.6. The van der Waals surface area contributed by atoms with Gasteiger partial charge < -0.3 is 10.1 Å². The molecule has 0 heterocycles. The van der Waals surface area contributed by atoms with E-state index in [4.69, 9.17) is 27.9 Å². The fraction of sp³-hybridized carbons (Fsp3) is 0.174. The van der Waals surface area contributed by atoms with Gasteiger partial charge in [-0.25, -0.2) is 8.42 Å². The van der Waals surface area contributed by atoms with E-state index in [9.17, 15) is 13.2 Å². The van der Waals surface area contributed by atoms with E-state index < -0.39 is 10.0 Å². The van der Waals surface area contributed by atoms with Gasteiger partial charge in [-0.1, -0.05) is 49.2 Å². The SMILES string of the molecule is CC(C)c1ccc(NC(=O)COc2ccc(S(=O)(=O)Nc3ccc(Cl)cc3)cc2Cl)cc1. The zero-order valence-corrected chi connectivity index (χ0v) is 19.8. The van der Waals surface area contributed by atoms with Crippen LogP contribution in [0.15, 0.2) is 71.6 Å². The van der Waals surface area contributed by atoms with E-state index >= 15 is 0 Å². The van der Waals surface area contributed by atoms with Crippen molar-refractivity contribution in [2.24, 2.45) is 0 Å². The highest BCUT2D eigenvalue weighted by Crippen LogP contribution is 2.28. The van der Waals surface area contributed by atoms with E-state index in [-0.39, 0.29) is 28.2 Å². The number of sulfonamides is 1. The van der Waals surface area contributed by atoms with Gasteiger partial charge in [0.05, 0.1) is 9.92 Å². The van der Waals surface area contributed by atoms with Crippen LogP contribution in [0.4, 0.5) is 11.4 Å². The van der Waals surface area contributed by atoms with Crippen LogP contribution in [-0.2, 0) is 14.8 Å². The molecule has 0 fully saturated rings. The van der Waals surface area contributed by atoms with Crippen molar-refractivity contribution in [1.82, 2.24) is 0 Å². The number of nitrogens with one attached hydrogen (secondary N) is 2. The van der Waals surface area contributed by atoms with Crippen LogP contribution in [0.3, 0.4) is 0 Å². The molecule has 0 radical (unpaired) electrons. The normalized spacial score (nSPS) is 11.3. The summed E-state index contributed by atoms with van der Waals surface area (Å²) in [6.45, 7) is 3.91.